The zero-order chi connectivity index (χ0) is 35.9. The molecule has 0 saturated carbocycles. The second kappa shape index (κ2) is 16.3. The first-order valence-corrected chi connectivity index (χ1v) is 19.5. The molecule has 0 aliphatic heterocycles. The van der Waals surface area contributed by atoms with Crippen molar-refractivity contribution in [2.45, 2.75) is 53.4 Å². The minimum Gasteiger partial charge on any atom is -0.372 e. The Morgan fingerprint density at radius 1 is 0.308 bits per heavy atom. The Morgan fingerprint density at radius 3 is 0.942 bits per heavy atom. The van der Waals surface area contributed by atoms with Crippen molar-refractivity contribution in [1.82, 2.24) is 0 Å². The maximum absolute atomic E-state index is 2.57. The summed E-state index contributed by atoms with van der Waals surface area (Å²) >= 11 is 0. The van der Waals surface area contributed by atoms with E-state index in [2.05, 4.69) is 183 Å². The van der Waals surface area contributed by atoms with Crippen LogP contribution in [-0.2, 0) is 0 Å². The summed E-state index contributed by atoms with van der Waals surface area (Å²) < 4.78 is 0. The van der Waals surface area contributed by atoms with Crippen LogP contribution in [0.5, 0.6) is 0 Å². The summed E-state index contributed by atoms with van der Waals surface area (Å²) in [6.07, 6.45) is 4.49. The van der Waals surface area contributed by atoms with Gasteiger partial charge in [0, 0.05) is 37.6 Å². The Balaban J connectivity index is 1.52. The Bertz CT molecular complexity index is 2040. The normalized spacial score (nSPS) is 11.3. The minimum atomic E-state index is 1.05. The first-order valence-electron chi connectivity index (χ1n) is 19.5. The van der Waals surface area contributed by atoms with Gasteiger partial charge in [-0.05, 0) is 116 Å². The first-order chi connectivity index (χ1) is 25.6. The monoisotopic (exact) mass is 680 g/mol. The van der Waals surface area contributed by atoms with E-state index in [-0.39, 0.29) is 0 Å². The molecule has 0 spiro atoms. The van der Waals surface area contributed by atoms with Crippen molar-refractivity contribution in [2.24, 2.45) is 0 Å². The summed E-state index contributed by atoms with van der Waals surface area (Å²) in [4.78, 5) is 5.13. The van der Waals surface area contributed by atoms with Gasteiger partial charge >= 0.3 is 0 Å². The fraction of sp³-hybridized carbons (Fsp3) is 0.240. The van der Waals surface area contributed by atoms with Crippen LogP contribution in [0, 0.1) is 0 Å². The van der Waals surface area contributed by atoms with Crippen molar-refractivity contribution >= 4 is 32.9 Å². The third kappa shape index (κ3) is 7.21. The molecule has 0 saturated heterocycles. The number of hydrogen-bond donors (Lipinski definition) is 0. The number of rotatable bonds is 14. The number of hydrogen-bond acceptors (Lipinski definition) is 2. The fourth-order valence-corrected chi connectivity index (χ4v) is 7.96. The average Bonchev–Trinajstić information content (AvgIpc) is 3.20. The Labute approximate surface area is 311 Å². The molecule has 262 valence electrons. The quantitative estimate of drug-likeness (QED) is 0.106. The summed E-state index contributed by atoms with van der Waals surface area (Å²) in [6, 6.07) is 54.5. The number of benzene rings is 7. The molecule has 0 radical (unpaired) electrons. The SMILES string of the molecule is CCCN(CCC)c1ccc2c(-c3ccc(-c4ccccc4)cc3)c3cc(N(CCC)CCC)ccc3c(-c3ccc(-c4ccccc4)cc3)c2c1. The van der Waals surface area contributed by atoms with Crippen molar-refractivity contribution in [3.8, 4) is 44.5 Å². The zero-order valence-electron chi connectivity index (χ0n) is 31.4. The van der Waals surface area contributed by atoms with E-state index in [1.54, 1.807) is 0 Å². The molecule has 7 aromatic carbocycles. The largest absolute Gasteiger partial charge is 0.372 e. The standard InChI is InChI=1S/C50H52N2/c1-5-31-51(32-6-2)43-27-29-45-47(35-43)49(41-23-19-39(20-24-41)37-15-11-9-12-16-37)46-30-28-44(52(33-7-3)34-8-4)36-48(46)50(45)42-25-21-40(22-26-42)38-17-13-10-14-18-38/h9-30,35-36H,5-8,31-34H2,1-4H3. The Morgan fingerprint density at radius 2 is 0.615 bits per heavy atom. The van der Waals surface area contributed by atoms with Gasteiger partial charge in [0.1, 0.15) is 0 Å². The molecule has 2 nitrogen and oxygen atoms in total. The van der Waals surface area contributed by atoms with Crippen LogP contribution in [0.4, 0.5) is 11.4 Å². The van der Waals surface area contributed by atoms with E-state index in [9.17, 15) is 0 Å². The fourth-order valence-electron chi connectivity index (χ4n) is 7.96. The molecule has 0 heterocycles. The highest BCUT2D eigenvalue weighted by Gasteiger charge is 2.20. The summed E-state index contributed by atoms with van der Waals surface area (Å²) in [5, 5.41) is 5.22. The number of anilines is 2. The lowest BCUT2D eigenvalue weighted by Gasteiger charge is -2.27. The van der Waals surface area contributed by atoms with E-state index >= 15 is 0 Å². The second-order valence-electron chi connectivity index (χ2n) is 14.1. The van der Waals surface area contributed by atoms with E-state index < -0.39 is 0 Å². The van der Waals surface area contributed by atoms with E-state index in [1.807, 2.05) is 0 Å². The molecular formula is C50H52N2. The summed E-state index contributed by atoms with van der Waals surface area (Å²) in [7, 11) is 0. The minimum absolute atomic E-state index is 1.05. The maximum Gasteiger partial charge on any atom is 0.0372 e. The van der Waals surface area contributed by atoms with E-state index in [1.165, 1.54) is 77.4 Å². The van der Waals surface area contributed by atoms with E-state index in [4.69, 9.17) is 0 Å². The maximum atomic E-state index is 2.57. The molecule has 52 heavy (non-hydrogen) atoms. The molecule has 0 bridgehead atoms. The molecule has 0 amide bonds. The third-order valence-corrected chi connectivity index (χ3v) is 10.3. The highest BCUT2D eigenvalue weighted by molar-refractivity contribution is 6.22. The zero-order valence-corrected chi connectivity index (χ0v) is 31.4. The van der Waals surface area contributed by atoms with Gasteiger partial charge in [-0.15, -0.1) is 0 Å². The van der Waals surface area contributed by atoms with Crippen LogP contribution in [0.1, 0.15) is 53.4 Å². The van der Waals surface area contributed by atoms with Crippen LogP contribution < -0.4 is 9.80 Å². The van der Waals surface area contributed by atoms with Gasteiger partial charge in [0.15, 0.2) is 0 Å². The first kappa shape index (κ1) is 35.1. The highest BCUT2D eigenvalue weighted by Crippen LogP contribution is 2.46. The Hall–Kier alpha value is -5.34. The lowest BCUT2D eigenvalue weighted by Crippen LogP contribution is -2.24. The molecular weight excluding hydrogens is 629 g/mol. The van der Waals surface area contributed by atoms with Crippen LogP contribution in [0.3, 0.4) is 0 Å². The molecule has 2 heteroatoms. The molecule has 7 rings (SSSR count). The predicted octanol–water partition coefficient (Wildman–Crippen LogP) is 13.9. The topological polar surface area (TPSA) is 6.48 Å². The van der Waals surface area contributed by atoms with Gasteiger partial charge in [-0.25, -0.2) is 0 Å². The van der Waals surface area contributed by atoms with Crippen molar-refractivity contribution in [2.75, 3.05) is 36.0 Å². The van der Waals surface area contributed by atoms with Crippen LogP contribution >= 0.6 is 0 Å². The van der Waals surface area contributed by atoms with Crippen LogP contribution in [-0.4, -0.2) is 26.2 Å². The van der Waals surface area contributed by atoms with Crippen LogP contribution in [0.25, 0.3) is 66.1 Å². The molecule has 0 unspecified atom stereocenters. The summed E-state index contributed by atoms with van der Waals surface area (Å²) in [6.45, 7) is 13.3. The molecule has 0 N–H and O–H groups in total. The Kier molecular flexibility index (Phi) is 11.0. The molecule has 0 aliphatic carbocycles. The predicted molar refractivity (Wildman–Crippen MR) is 229 cm³/mol. The average molecular weight is 681 g/mol. The van der Waals surface area contributed by atoms with Crippen molar-refractivity contribution in [1.29, 1.82) is 0 Å². The second-order valence-corrected chi connectivity index (χ2v) is 14.1. The third-order valence-electron chi connectivity index (χ3n) is 10.3. The van der Waals surface area contributed by atoms with Gasteiger partial charge in [0.2, 0.25) is 0 Å². The van der Waals surface area contributed by atoms with Crippen LogP contribution in [0.2, 0.25) is 0 Å². The molecule has 7 aromatic rings. The molecule has 0 aliphatic rings. The summed E-state index contributed by atoms with van der Waals surface area (Å²) in [5.74, 6) is 0. The molecule has 0 aromatic heterocycles. The smallest absolute Gasteiger partial charge is 0.0372 e. The summed E-state index contributed by atoms with van der Waals surface area (Å²) in [5.41, 5.74) is 12.7. The van der Waals surface area contributed by atoms with Crippen molar-refractivity contribution in [3.63, 3.8) is 0 Å². The van der Waals surface area contributed by atoms with Gasteiger partial charge in [-0.1, -0.05) is 149 Å². The van der Waals surface area contributed by atoms with Gasteiger partial charge in [-0.3, -0.25) is 0 Å². The molecule has 0 atom stereocenters. The van der Waals surface area contributed by atoms with Gasteiger partial charge in [0.05, 0.1) is 0 Å². The highest BCUT2D eigenvalue weighted by atomic mass is 15.1. The lowest BCUT2D eigenvalue weighted by atomic mass is 9.84. The number of fused-ring (bicyclic) bond motifs is 2. The lowest BCUT2D eigenvalue weighted by molar-refractivity contribution is 0.745. The van der Waals surface area contributed by atoms with Crippen LogP contribution in [0.15, 0.2) is 146 Å². The van der Waals surface area contributed by atoms with E-state index in [0.717, 1.165) is 51.9 Å². The van der Waals surface area contributed by atoms with Crippen molar-refractivity contribution < 1.29 is 0 Å². The van der Waals surface area contributed by atoms with Gasteiger partial charge in [-0.2, -0.15) is 0 Å². The van der Waals surface area contributed by atoms with Gasteiger partial charge in [0.25, 0.3) is 0 Å². The van der Waals surface area contributed by atoms with E-state index in [0.29, 0.717) is 0 Å². The number of nitrogens with zero attached hydrogens (tertiary/aromatic N) is 2. The van der Waals surface area contributed by atoms with Crippen molar-refractivity contribution in [3.05, 3.63) is 146 Å². The van der Waals surface area contributed by atoms with Gasteiger partial charge < -0.3 is 9.80 Å². The molecule has 0 fully saturated rings.